The highest BCUT2D eigenvalue weighted by atomic mass is 16.6. The van der Waals surface area contributed by atoms with Gasteiger partial charge in [-0.2, -0.15) is 0 Å². The zero-order valence-electron chi connectivity index (χ0n) is 9.95. The molecule has 0 spiro atoms. The Morgan fingerprint density at radius 2 is 1.83 bits per heavy atom. The normalized spacial score (nSPS) is 26.3. The number of alkyl carbamates (subject to hydrolysis) is 1. The van der Waals surface area contributed by atoms with Crippen LogP contribution in [0, 0.1) is 5.92 Å². The van der Waals surface area contributed by atoms with Gasteiger partial charge in [0.1, 0.15) is 6.10 Å². The molecule has 92 valence electrons. The summed E-state index contributed by atoms with van der Waals surface area (Å²) in [6.45, 7) is 0. The second-order valence-corrected chi connectivity index (χ2v) is 4.66. The third-order valence-electron chi connectivity index (χ3n) is 3.40. The molecule has 0 unspecified atom stereocenters. The van der Waals surface area contributed by atoms with E-state index < -0.39 is 0 Å². The molecule has 1 aliphatic heterocycles. The molecule has 2 aliphatic rings. The zero-order chi connectivity index (χ0) is 12.4. The number of cyclic esters (lactones) is 1. The van der Waals surface area contributed by atoms with Crippen LogP contribution in [0.4, 0.5) is 4.79 Å². The van der Waals surface area contributed by atoms with Crippen molar-refractivity contribution in [2.75, 3.05) is 0 Å². The number of nitrogens with one attached hydrogen (secondary N) is 1. The Morgan fingerprint density at radius 3 is 2.56 bits per heavy atom. The van der Waals surface area contributed by atoms with Crippen molar-refractivity contribution in [2.24, 2.45) is 5.92 Å². The number of carbonyl (C=O) groups is 1. The van der Waals surface area contributed by atoms with E-state index in [0.29, 0.717) is 0 Å². The lowest BCUT2D eigenvalue weighted by Gasteiger charge is -2.20. The van der Waals surface area contributed by atoms with Crippen molar-refractivity contribution in [3.8, 4) is 0 Å². The maximum Gasteiger partial charge on any atom is 0.407 e. The van der Waals surface area contributed by atoms with E-state index in [1.54, 1.807) is 0 Å². The minimum atomic E-state index is -0.311. The van der Waals surface area contributed by atoms with Gasteiger partial charge < -0.3 is 10.1 Å². The fourth-order valence-corrected chi connectivity index (χ4v) is 2.52. The molecule has 1 fully saturated rings. The molecular weight excluding hydrogens is 226 g/mol. The van der Waals surface area contributed by atoms with Crippen molar-refractivity contribution in [3.05, 3.63) is 60.2 Å². The molecule has 0 saturated carbocycles. The molecule has 0 bridgehead atoms. The third-order valence-corrected chi connectivity index (χ3v) is 3.40. The summed E-state index contributed by atoms with van der Waals surface area (Å²) in [4.78, 5) is 11.4. The molecule has 1 amide bonds. The topological polar surface area (TPSA) is 38.3 Å². The first-order chi connectivity index (χ1) is 8.83. The van der Waals surface area contributed by atoms with Gasteiger partial charge in [0.25, 0.3) is 0 Å². The first-order valence-corrected chi connectivity index (χ1v) is 6.19. The molecule has 3 rings (SSSR count). The summed E-state index contributed by atoms with van der Waals surface area (Å²) in [7, 11) is 0. The number of ether oxygens (including phenoxy) is 1. The van der Waals surface area contributed by atoms with Crippen LogP contribution < -0.4 is 5.32 Å². The Bertz CT molecular complexity index is 480. The number of carbonyl (C=O) groups excluding carboxylic acids is 1. The summed E-state index contributed by atoms with van der Waals surface area (Å²) in [5.74, 6) is 0.192. The quantitative estimate of drug-likeness (QED) is 0.882. The van der Waals surface area contributed by atoms with Gasteiger partial charge in [-0.15, -0.1) is 0 Å². The predicted octanol–water partition coefficient (Wildman–Crippen LogP) is 2.45. The molecule has 1 aliphatic carbocycles. The van der Waals surface area contributed by atoms with Crippen molar-refractivity contribution in [1.29, 1.82) is 0 Å². The number of rotatable bonds is 3. The van der Waals surface area contributed by atoms with Crippen LogP contribution in [0.1, 0.15) is 5.56 Å². The average Bonchev–Trinajstić information content (AvgIpc) is 3.00. The maximum absolute atomic E-state index is 11.4. The average molecular weight is 241 g/mol. The number of amides is 1. The van der Waals surface area contributed by atoms with Crippen LogP contribution in [0.15, 0.2) is 54.6 Å². The molecule has 3 nitrogen and oxygen atoms in total. The van der Waals surface area contributed by atoms with Crippen LogP contribution in [-0.4, -0.2) is 18.2 Å². The van der Waals surface area contributed by atoms with Crippen molar-refractivity contribution in [2.45, 2.75) is 18.6 Å². The fourth-order valence-electron chi connectivity index (χ4n) is 2.52. The lowest BCUT2D eigenvalue weighted by molar-refractivity contribution is 0.117. The summed E-state index contributed by atoms with van der Waals surface area (Å²) in [5.41, 5.74) is 1.21. The molecule has 0 radical (unpaired) electrons. The Balaban J connectivity index is 1.75. The Labute approximate surface area is 106 Å². The molecular formula is C15H15NO2. The van der Waals surface area contributed by atoms with Crippen LogP contribution in [0.2, 0.25) is 0 Å². The molecule has 3 heteroatoms. The second kappa shape index (κ2) is 4.69. The highest BCUT2D eigenvalue weighted by Crippen LogP contribution is 2.25. The van der Waals surface area contributed by atoms with E-state index in [2.05, 4.69) is 29.6 Å². The number of hydrogen-bond donors (Lipinski definition) is 1. The number of allylic oxidation sites excluding steroid dienone is 2. The molecule has 1 heterocycles. The summed E-state index contributed by atoms with van der Waals surface area (Å²) in [6.07, 6.45) is 8.52. The van der Waals surface area contributed by atoms with Crippen molar-refractivity contribution in [3.63, 3.8) is 0 Å². The van der Waals surface area contributed by atoms with Crippen LogP contribution in [0.3, 0.4) is 0 Å². The number of hydrogen-bond acceptors (Lipinski definition) is 2. The van der Waals surface area contributed by atoms with Gasteiger partial charge in [0.05, 0.1) is 6.04 Å². The van der Waals surface area contributed by atoms with Crippen molar-refractivity contribution >= 4 is 6.09 Å². The van der Waals surface area contributed by atoms with Gasteiger partial charge in [-0.05, 0) is 12.0 Å². The largest absolute Gasteiger partial charge is 0.443 e. The fraction of sp³-hybridized carbons (Fsp3) is 0.267. The maximum atomic E-state index is 11.4. The molecule has 1 N–H and O–H groups in total. The van der Waals surface area contributed by atoms with Gasteiger partial charge in [-0.25, -0.2) is 4.79 Å². The molecule has 1 saturated heterocycles. The Hall–Kier alpha value is -2.03. The van der Waals surface area contributed by atoms with Gasteiger partial charge in [-0.3, -0.25) is 0 Å². The summed E-state index contributed by atoms with van der Waals surface area (Å²) in [5, 5.41) is 2.90. The van der Waals surface area contributed by atoms with Gasteiger partial charge in [0.2, 0.25) is 0 Å². The third kappa shape index (κ3) is 2.16. The first-order valence-electron chi connectivity index (χ1n) is 6.19. The summed E-state index contributed by atoms with van der Waals surface area (Å²) < 4.78 is 5.38. The molecule has 1 aromatic rings. The van der Waals surface area contributed by atoms with E-state index in [-0.39, 0.29) is 24.2 Å². The van der Waals surface area contributed by atoms with E-state index in [1.165, 1.54) is 5.56 Å². The number of benzene rings is 1. The van der Waals surface area contributed by atoms with Crippen LogP contribution in [-0.2, 0) is 11.2 Å². The summed E-state index contributed by atoms with van der Waals surface area (Å²) >= 11 is 0. The zero-order valence-corrected chi connectivity index (χ0v) is 9.95. The first kappa shape index (κ1) is 11.1. The van der Waals surface area contributed by atoms with Crippen LogP contribution in [0.5, 0.6) is 0 Å². The van der Waals surface area contributed by atoms with Crippen LogP contribution in [0.25, 0.3) is 0 Å². The highest BCUT2D eigenvalue weighted by molar-refractivity contribution is 5.70. The van der Waals surface area contributed by atoms with E-state index in [1.807, 2.05) is 30.4 Å². The smallest absolute Gasteiger partial charge is 0.407 e. The lowest BCUT2D eigenvalue weighted by atomic mass is 9.93. The van der Waals surface area contributed by atoms with E-state index in [0.717, 1.165) is 6.42 Å². The monoisotopic (exact) mass is 241 g/mol. The second-order valence-electron chi connectivity index (χ2n) is 4.66. The van der Waals surface area contributed by atoms with Crippen molar-refractivity contribution < 1.29 is 9.53 Å². The van der Waals surface area contributed by atoms with Crippen LogP contribution >= 0.6 is 0 Å². The van der Waals surface area contributed by atoms with Crippen molar-refractivity contribution in [1.82, 2.24) is 5.32 Å². The Kier molecular flexibility index (Phi) is 2.89. The molecule has 18 heavy (non-hydrogen) atoms. The van der Waals surface area contributed by atoms with Gasteiger partial charge in [-0.1, -0.05) is 54.6 Å². The van der Waals surface area contributed by atoms with E-state index >= 15 is 0 Å². The SMILES string of the molecule is O=C1N[C@@H](Cc2ccccc2)[C@H](C2C=CC=C2)O1. The predicted molar refractivity (Wildman–Crippen MR) is 69.1 cm³/mol. The lowest BCUT2D eigenvalue weighted by Crippen LogP contribution is -2.36. The van der Waals surface area contributed by atoms with Gasteiger partial charge in [0.15, 0.2) is 0 Å². The minimum absolute atomic E-state index is 0.0392. The van der Waals surface area contributed by atoms with E-state index in [4.69, 9.17) is 4.74 Å². The van der Waals surface area contributed by atoms with Gasteiger partial charge >= 0.3 is 6.09 Å². The highest BCUT2D eigenvalue weighted by Gasteiger charge is 2.38. The van der Waals surface area contributed by atoms with E-state index in [9.17, 15) is 4.79 Å². The van der Waals surface area contributed by atoms with Gasteiger partial charge in [0, 0.05) is 5.92 Å². The Morgan fingerprint density at radius 1 is 1.11 bits per heavy atom. The standard InChI is InChI=1S/C15H15NO2/c17-15-16-13(10-11-6-2-1-3-7-11)14(18-15)12-8-4-5-9-12/h1-9,12-14H,10H2,(H,16,17)/t13-,14-/m0/s1. The minimum Gasteiger partial charge on any atom is -0.443 e. The molecule has 1 aromatic carbocycles. The molecule has 2 atom stereocenters. The molecule has 0 aromatic heterocycles. The summed E-state index contributed by atoms with van der Waals surface area (Å²) in [6, 6.07) is 10.2.